The standard InChI is InChI=1S/C33H42F2N4O3.C33H38F2N4O2.C5H5BrO/c1-33(2,3)42-32(41)36-16-20-38-23-21-37(22-24-38)17-4-5-30(40)39-18-14-27(15-19-39)31(25-6-10-28(34)11-7-25)26-8-12-29(35)13-9-26;1-2-3-5-31(40)36-17-21-38-24-22-37(23-25-38)18-4-6-32(41)39-19-15-28(16-20-39)33(26-7-11-29(34)12-8-26)27-9-13-30(35)14-10-27;1-2-3-4-5(6)7/h4-13H,14-24H2,1-3H3,(H,36,41);1,4,6-14H,3,5,15-25H2,(H,36,40);1H,3-4H2/b5-4+;6-4+;. The lowest BCUT2D eigenvalue weighted by molar-refractivity contribution is -0.127. The monoisotopic (exact) mass is 1300 g/mol. The first-order valence-corrected chi connectivity index (χ1v) is 31.6. The summed E-state index contributed by atoms with van der Waals surface area (Å²) in [7, 11) is 0. The Balaban J connectivity index is 0.000000259. The molecule has 19 heteroatoms. The van der Waals surface area contributed by atoms with Crippen LogP contribution in [0.4, 0.5) is 22.4 Å². The SMILES string of the molecule is C#CCCC(=O)Br.C#CCCC(=O)NCCN1CCN(C/C=C/C(=O)N2CCC(=C(c3ccc(F)cc3)c3ccc(F)cc3)CC2)CC1.CC(C)(C)OC(=O)NCCN1CCN(C/C=C/C(=O)N2CCC(=C(c3ccc(F)cc3)c3ccc(F)cc3)CC2)CC1. The molecule has 0 atom stereocenters. The summed E-state index contributed by atoms with van der Waals surface area (Å²) in [6.45, 7) is 19.4. The van der Waals surface area contributed by atoms with E-state index in [0.717, 1.165) is 105 Å². The van der Waals surface area contributed by atoms with Gasteiger partial charge in [-0.3, -0.25) is 38.8 Å². The van der Waals surface area contributed by atoms with Gasteiger partial charge in [-0.05, 0) is 144 Å². The topological polar surface area (TPSA) is 138 Å². The van der Waals surface area contributed by atoms with Crippen molar-refractivity contribution in [3.8, 4) is 24.7 Å². The Hall–Kier alpha value is -7.65. The summed E-state index contributed by atoms with van der Waals surface area (Å²) < 4.78 is 59.6. The van der Waals surface area contributed by atoms with E-state index < -0.39 is 11.7 Å². The molecule has 4 saturated heterocycles. The van der Waals surface area contributed by atoms with Gasteiger partial charge in [0.25, 0.3) is 0 Å². The number of carbonyl (C=O) groups excluding carboxylic acids is 5. The number of carbonyl (C=O) groups is 5. The van der Waals surface area contributed by atoms with Gasteiger partial charge in [0.05, 0.1) is 0 Å². The summed E-state index contributed by atoms with van der Waals surface area (Å²) in [5, 5.41) is 5.72. The van der Waals surface area contributed by atoms with Gasteiger partial charge in [-0.15, -0.1) is 24.7 Å². The second-order valence-electron chi connectivity index (χ2n) is 23.3. The zero-order valence-corrected chi connectivity index (χ0v) is 53.7. The van der Waals surface area contributed by atoms with Crippen molar-refractivity contribution in [2.75, 3.05) is 118 Å². The maximum absolute atomic E-state index is 13.6. The normalized spacial score (nSPS) is 16.0. The number of alkyl carbamates (subject to hydrolysis) is 1. The zero-order valence-electron chi connectivity index (χ0n) is 52.1. The van der Waals surface area contributed by atoms with Crippen molar-refractivity contribution in [3.05, 3.63) is 178 Å². The number of piperidine rings is 2. The van der Waals surface area contributed by atoms with Crippen molar-refractivity contribution in [1.29, 1.82) is 0 Å². The van der Waals surface area contributed by atoms with E-state index in [1.807, 2.05) is 42.7 Å². The van der Waals surface area contributed by atoms with E-state index in [-0.39, 0.29) is 45.7 Å². The third-order valence-corrected chi connectivity index (χ3v) is 16.0. The lowest BCUT2D eigenvalue weighted by Crippen LogP contribution is -2.48. The van der Waals surface area contributed by atoms with Gasteiger partial charge < -0.3 is 25.2 Å². The molecule has 0 spiro atoms. The number of halogens is 5. The molecule has 90 heavy (non-hydrogen) atoms. The van der Waals surface area contributed by atoms with Crippen LogP contribution in [0.25, 0.3) is 11.1 Å². The van der Waals surface area contributed by atoms with E-state index in [9.17, 15) is 41.5 Å². The Morgan fingerprint density at radius 3 is 1.13 bits per heavy atom. The molecule has 0 radical (unpaired) electrons. The van der Waals surface area contributed by atoms with E-state index in [2.05, 4.69) is 58.0 Å². The van der Waals surface area contributed by atoms with Crippen molar-refractivity contribution in [2.45, 2.75) is 77.7 Å². The Morgan fingerprint density at radius 2 is 0.822 bits per heavy atom. The van der Waals surface area contributed by atoms with Gasteiger partial charge in [0.2, 0.25) is 17.7 Å². The largest absolute Gasteiger partial charge is 0.444 e. The highest BCUT2D eigenvalue weighted by Gasteiger charge is 2.25. The van der Waals surface area contributed by atoms with E-state index in [1.165, 1.54) is 59.7 Å². The molecular weight excluding hydrogens is 1220 g/mol. The van der Waals surface area contributed by atoms with Crippen LogP contribution in [-0.4, -0.2) is 181 Å². The molecule has 0 bridgehead atoms. The highest BCUT2D eigenvalue weighted by molar-refractivity contribution is 9.18. The number of hydrogen-bond acceptors (Lipinski definition) is 10. The average Bonchev–Trinajstić information content (AvgIpc) is 2.18. The molecule has 8 rings (SSSR count). The number of rotatable bonds is 20. The number of terminal acetylenes is 2. The predicted octanol–water partition coefficient (Wildman–Crippen LogP) is 10.5. The van der Waals surface area contributed by atoms with Gasteiger partial charge in [-0.25, -0.2) is 22.4 Å². The maximum atomic E-state index is 13.6. The number of hydrogen-bond donors (Lipinski definition) is 2. The third kappa shape index (κ3) is 25.3. The molecule has 4 aromatic carbocycles. The van der Waals surface area contributed by atoms with Crippen LogP contribution in [0.2, 0.25) is 0 Å². The summed E-state index contributed by atoms with van der Waals surface area (Å²) in [4.78, 5) is 72.3. The summed E-state index contributed by atoms with van der Waals surface area (Å²) in [6, 6.07) is 25.5. The Labute approximate surface area is 537 Å². The highest BCUT2D eigenvalue weighted by atomic mass is 79.9. The molecule has 0 aliphatic carbocycles. The van der Waals surface area contributed by atoms with Crippen LogP contribution in [0, 0.1) is 48.0 Å². The number of amides is 4. The quantitative estimate of drug-likeness (QED) is 0.0381. The second-order valence-corrected chi connectivity index (χ2v) is 24.2. The number of nitrogens with one attached hydrogen (secondary N) is 2. The minimum Gasteiger partial charge on any atom is -0.444 e. The summed E-state index contributed by atoms with van der Waals surface area (Å²) in [5.41, 5.74) is 7.37. The molecule has 480 valence electrons. The molecule has 4 fully saturated rings. The third-order valence-electron chi connectivity index (χ3n) is 15.6. The van der Waals surface area contributed by atoms with Crippen molar-refractivity contribution in [2.24, 2.45) is 0 Å². The van der Waals surface area contributed by atoms with Crippen LogP contribution in [0.3, 0.4) is 0 Å². The van der Waals surface area contributed by atoms with E-state index in [4.69, 9.17) is 17.6 Å². The highest BCUT2D eigenvalue weighted by Crippen LogP contribution is 2.34. The van der Waals surface area contributed by atoms with Crippen LogP contribution >= 0.6 is 15.9 Å². The van der Waals surface area contributed by atoms with Crippen LogP contribution in [0.1, 0.15) is 94.4 Å². The van der Waals surface area contributed by atoms with Crippen LogP contribution in [-0.2, 0) is 23.9 Å². The first-order chi connectivity index (χ1) is 43.3. The van der Waals surface area contributed by atoms with Gasteiger partial charge in [0.1, 0.15) is 28.9 Å². The zero-order chi connectivity index (χ0) is 64.8. The minimum absolute atomic E-state index is 0.00135. The van der Waals surface area contributed by atoms with Crippen molar-refractivity contribution >= 4 is 55.6 Å². The minimum atomic E-state index is -0.501. The van der Waals surface area contributed by atoms with Gasteiger partial charge >= 0.3 is 6.09 Å². The van der Waals surface area contributed by atoms with E-state index in [1.54, 1.807) is 60.7 Å². The molecule has 14 nitrogen and oxygen atoms in total. The van der Waals surface area contributed by atoms with Crippen molar-refractivity contribution in [3.63, 3.8) is 0 Å². The number of benzene rings is 4. The molecule has 4 aliphatic heterocycles. The van der Waals surface area contributed by atoms with Gasteiger partial charge in [-0.2, -0.15) is 0 Å². The van der Waals surface area contributed by atoms with Crippen LogP contribution < -0.4 is 10.6 Å². The lowest BCUT2D eigenvalue weighted by atomic mass is 9.88. The fourth-order valence-corrected chi connectivity index (χ4v) is 10.9. The summed E-state index contributed by atoms with van der Waals surface area (Å²) in [6.07, 6.45) is 21.5. The van der Waals surface area contributed by atoms with Gasteiger partial charge in [-0.1, -0.05) is 71.8 Å². The first-order valence-electron chi connectivity index (χ1n) is 30.8. The molecule has 0 unspecified atom stereocenters. The van der Waals surface area contributed by atoms with Gasteiger partial charge in [0.15, 0.2) is 4.69 Å². The summed E-state index contributed by atoms with van der Waals surface area (Å²) >= 11 is 2.74. The van der Waals surface area contributed by atoms with Crippen molar-refractivity contribution < 1.29 is 46.3 Å². The number of nitrogens with zero attached hydrogens (tertiary/aromatic N) is 6. The molecule has 0 saturated carbocycles. The fraction of sp³-hybridized carbons (Fsp3) is 0.423. The number of ether oxygens (including phenoxy) is 1. The second kappa shape index (κ2) is 37.5. The Morgan fingerprint density at radius 1 is 0.500 bits per heavy atom. The van der Waals surface area contributed by atoms with E-state index in [0.29, 0.717) is 97.2 Å². The Bertz CT molecular complexity index is 3080. The molecular formula is C71H85BrF4N8O6. The van der Waals surface area contributed by atoms with Gasteiger partial charge in [0, 0.05) is 156 Å². The maximum Gasteiger partial charge on any atom is 0.407 e. The molecule has 0 aromatic heterocycles. The van der Waals surface area contributed by atoms with Crippen LogP contribution in [0.5, 0.6) is 0 Å². The molecule has 4 heterocycles. The predicted molar refractivity (Wildman–Crippen MR) is 351 cm³/mol. The first kappa shape index (κ1) is 71.4. The molecule has 4 amide bonds. The molecule has 2 N–H and O–H groups in total. The fourth-order valence-electron chi connectivity index (χ4n) is 10.7. The summed E-state index contributed by atoms with van der Waals surface area (Å²) in [5.74, 6) is 3.63. The average molecular weight is 1300 g/mol. The number of likely N-dealkylation sites (tertiary alicyclic amines) is 2. The molecule has 4 aromatic rings. The van der Waals surface area contributed by atoms with E-state index >= 15 is 0 Å². The molecule has 4 aliphatic rings. The smallest absolute Gasteiger partial charge is 0.407 e. The van der Waals surface area contributed by atoms with Crippen molar-refractivity contribution in [1.82, 2.24) is 40.0 Å². The lowest BCUT2D eigenvalue weighted by Gasteiger charge is -2.34. The number of piperazine rings is 2. The Kier molecular flexibility index (Phi) is 29.8. The van der Waals surface area contributed by atoms with Crippen LogP contribution in [0.15, 0.2) is 133 Å².